The summed E-state index contributed by atoms with van der Waals surface area (Å²) in [6, 6.07) is 11.7. The second-order valence-electron chi connectivity index (χ2n) is 3.86. The Kier molecular flexibility index (Phi) is 4.35. The fourth-order valence-electron chi connectivity index (χ4n) is 1.56. The summed E-state index contributed by atoms with van der Waals surface area (Å²) in [7, 11) is 0. The summed E-state index contributed by atoms with van der Waals surface area (Å²) in [6.45, 7) is 0. The van der Waals surface area contributed by atoms with E-state index < -0.39 is 5.82 Å². The van der Waals surface area contributed by atoms with Crippen LogP contribution in [0, 0.1) is 9.39 Å². The molecule has 0 bridgehead atoms. The first-order valence-electron chi connectivity index (χ1n) is 5.29. The van der Waals surface area contributed by atoms with Crippen LogP contribution in [0.3, 0.4) is 0 Å². The number of hydrogen-bond acceptors (Lipinski definition) is 1. The van der Waals surface area contributed by atoms with Crippen molar-refractivity contribution < 1.29 is 9.18 Å². The molecule has 0 aromatic heterocycles. The molecule has 0 saturated carbocycles. The Bertz CT molecular complexity index is 581. The summed E-state index contributed by atoms with van der Waals surface area (Å²) in [5.74, 6) is -0.583. The van der Waals surface area contributed by atoms with Crippen LogP contribution in [0.1, 0.15) is 15.9 Å². The van der Waals surface area contributed by atoms with Crippen molar-refractivity contribution in [2.24, 2.45) is 0 Å². The van der Waals surface area contributed by atoms with E-state index in [4.69, 9.17) is 11.6 Å². The fraction of sp³-hybridized carbons (Fsp3) is 0.0714. The van der Waals surface area contributed by atoms with Crippen LogP contribution in [0.25, 0.3) is 0 Å². The molecule has 0 unspecified atom stereocenters. The first-order valence-corrected chi connectivity index (χ1v) is 6.74. The molecule has 18 heavy (non-hydrogen) atoms. The second-order valence-corrected chi connectivity index (χ2v) is 5.51. The van der Waals surface area contributed by atoms with Crippen molar-refractivity contribution in [3.05, 3.63) is 68.0 Å². The Morgan fingerprint density at radius 1 is 1.17 bits per heavy atom. The van der Waals surface area contributed by atoms with Crippen molar-refractivity contribution in [2.75, 3.05) is 0 Å². The molecule has 0 N–H and O–H groups in total. The smallest absolute Gasteiger partial charge is 0.167 e. The van der Waals surface area contributed by atoms with Crippen LogP contribution in [0.4, 0.5) is 4.39 Å². The van der Waals surface area contributed by atoms with Crippen LogP contribution in [0.2, 0.25) is 5.02 Å². The van der Waals surface area contributed by atoms with E-state index in [1.165, 1.54) is 18.2 Å². The molecule has 2 rings (SSSR count). The van der Waals surface area contributed by atoms with E-state index >= 15 is 0 Å². The Balaban J connectivity index is 2.16. The highest BCUT2D eigenvalue weighted by atomic mass is 127. The minimum absolute atomic E-state index is 0.0246. The summed E-state index contributed by atoms with van der Waals surface area (Å²) in [4.78, 5) is 12.0. The lowest BCUT2D eigenvalue weighted by molar-refractivity contribution is 0.0993. The van der Waals surface area contributed by atoms with E-state index in [9.17, 15) is 9.18 Å². The van der Waals surface area contributed by atoms with E-state index in [0.29, 0.717) is 12.0 Å². The van der Waals surface area contributed by atoms with Gasteiger partial charge in [0.25, 0.3) is 0 Å². The van der Waals surface area contributed by atoms with Crippen LogP contribution in [-0.4, -0.2) is 5.78 Å². The molecule has 2 aromatic carbocycles. The molecule has 1 nitrogen and oxygen atoms in total. The normalized spacial score (nSPS) is 10.4. The summed E-state index contributed by atoms with van der Waals surface area (Å²) in [6.07, 6.45) is 0.291. The van der Waals surface area contributed by atoms with Gasteiger partial charge in [-0.05, 0) is 58.5 Å². The molecule has 0 radical (unpaired) electrons. The number of carbonyl (C=O) groups excluding carboxylic acids is 1. The summed E-state index contributed by atoms with van der Waals surface area (Å²) in [5.41, 5.74) is 1.36. The molecular formula is C14H9ClFIO. The highest BCUT2D eigenvalue weighted by molar-refractivity contribution is 14.1. The summed E-state index contributed by atoms with van der Waals surface area (Å²) < 4.78 is 14.1. The number of benzene rings is 2. The summed E-state index contributed by atoms with van der Waals surface area (Å²) >= 11 is 7.86. The standard InChI is InChI=1S/C14H9ClFIO/c15-12-8-10(3-6-13(12)16)14(18)7-9-1-4-11(17)5-2-9/h1-6,8H,7H2. The van der Waals surface area contributed by atoms with Gasteiger partial charge in [-0.25, -0.2) is 4.39 Å². The molecule has 0 fully saturated rings. The zero-order chi connectivity index (χ0) is 13.1. The van der Waals surface area contributed by atoms with Crippen molar-refractivity contribution in [1.29, 1.82) is 0 Å². The number of carbonyl (C=O) groups is 1. The Morgan fingerprint density at radius 3 is 2.44 bits per heavy atom. The van der Waals surface area contributed by atoms with Gasteiger partial charge in [-0.1, -0.05) is 23.7 Å². The minimum Gasteiger partial charge on any atom is -0.294 e. The second kappa shape index (κ2) is 5.80. The van der Waals surface area contributed by atoms with Crippen LogP contribution in [0.5, 0.6) is 0 Å². The van der Waals surface area contributed by atoms with Gasteiger partial charge in [0.15, 0.2) is 5.78 Å². The van der Waals surface area contributed by atoms with E-state index in [1.807, 2.05) is 24.3 Å². The maximum atomic E-state index is 13.0. The van der Waals surface area contributed by atoms with Gasteiger partial charge in [-0.2, -0.15) is 0 Å². The average Bonchev–Trinajstić information content (AvgIpc) is 2.35. The minimum atomic E-state index is -0.512. The van der Waals surface area contributed by atoms with Crippen LogP contribution in [-0.2, 0) is 6.42 Å². The molecule has 0 heterocycles. The molecule has 0 aliphatic carbocycles. The SMILES string of the molecule is O=C(Cc1ccc(I)cc1)c1ccc(F)c(Cl)c1. The molecule has 0 amide bonds. The lowest BCUT2D eigenvalue weighted by Gasteiger charge is -2.03. The predicted octanol–water partition coefficient (Wildman–Crippen LogP) is 4.51. The van der Waals surface area contributed by atoms with Crippen molar-refractivity contribution in [3.8, 4) is 0 Å². The van der Waals surface area contributed by atoms with Gasteiger partial charge in [0.2, 0.25) is 0 Å². The van der Waals surface area contributed by atoms with Crippen LogP contribution >= 0.6 is 34.2 Å². The van der Waals surface area contributed by atoms with Crippen molar-refractivity contribution in [2.45, 2.75) is 6.42 Å². The van der Waals surface area contributed by atoms with Crippen molar-refractivity contribution in [1.82, 2.24) is 0 Å². The van der Waals surface area contributed by atoms with Gasteiger partial charge in [0.05, 0.1) is 5.02 Å². The van der Waals surface area contributed by atoms with Crippen LogP contribution in [0.15, 0.2) is 42.5 Å². The third kappa shape index (κ3) is 3.29. The van der Waals surface area contributed by atoms with Gasteiger partial charge in [0.1, 0.15) is 5.82 Å². The quantitative estimate of drug-likeness (QED) is 0.571. The van der Waals surface area contributed by atoms with E-state index in [2.05, 4.69) is 22.6 Å². The van der Waals surface area contributed by atoms with Gasteiger partial charge in [-0.3, -0.25) is 4.79 Å². The molecular weight excluding hydrogens is 366 g/mol. The largest absolute Gasteiger partial charge is 0.294 e. The van der Waals surface area contributed by atoms with E-state index in [-0.39, 0.29) is 10.8 Å². The highest BCUT2D eigenvalue weighted by Gasteiger charge is 2.09. The summed E-state index contributed by atoms with van der Waals surface area (Å²) in [5, 5.41) is -0.0246. The van der Waals surface area contributed by atoms with Gasteiger partial charge in [-0.15, -0.1) is 0 Å². The molecule has 0 spiro atoms. The van der Waals surface area contributed by atoms with Gasteiger partial charge in [0, 0.05) is 15.6 Å². The molecule has 92 valence electrons. The van der Waals surface area contributed by atoms with Crippen LogP contribution < -0.4 is 0 Å². The molecule has 0 aliphatic rings. The number of ketones is 1. The topological polar surface area (TPSA) is 17.1 Å². The maximum absolute atomic E-state index is 13.0. The Labute approximate surface area is 123 Å². The van der Waals surface area contributed by atoms with Gasteiger partial charge < -0.3 is 0 Å². The fourth-order valence-corrected chi connectivity index (χ4v) is 2.10. The average molecular weight is 375 g/mol. The first-order chi connectivity index (χ1) is 8.56. The van der Waals surface area contributed by atoms with Gasteiger partial charge >= 0.3 is 0 Å². The molecule has 0 atom stereocenters. The molecule has 0 saturated heterocycles. The maximum Gasteiger partial charge on any atom is 0.167 e. The molecule has 4 heteroatoms. The van der Waals surface area contributed by atoms with Crippen molar-refractivity contribution in [3.63, 3.8) is 0 Å². The highest BCUT2D eigenvalue weighted by Crippen LogP contribution is 2.17. The monoisotopic (exact) mass is 374 g/mol. The predicted molar refractivity (Wildman–Crippen MR) is 78.6 cm³/mol. The third-order valence-electron chi connectivity index (χ3n) is 2.52. The third-order valence-corrected chi connectivity index (χ3v) is 3.53. The van der Waals surface area contributed by atoms with E-state index in [1.54, 1.807) is 0 Å². The number of Topliss-reactive ketones (excluding diaryl/α,β-unsaturated/α-hetero) is 1. The first kappa shape index (κ1) is 13.5. The number of hydrogen-bond donors (Lipinski definition) is 0. The Morgan fingerprint density at radius 2 is 1.83 bits per heavy atom. The van der Waals surface area contributed by atoms with E-state index in [0.717, 1.165) is 9.13 Å². The zero-order valence-electron chi connectivity index (χ0n) is 9.29. The van der Waals surface area contributed by atoms with Crippen molar-refractivity contribution >= 4 is 40.0 Å². The zero-order valence-corrected chi connectivity index (χ0v) is 12.2. The number of halogens is 3. The molecule has 2 aromatic rings. The lowest BCUT2D eigenvalue weighted by atomic mass is 10.0. The Hall–Kier alpha value is -0.940. The lowest BCUT2D eigenvalue weighted by Crippen LogP contribution is -2.03. The number of rotatable bonds is 3. The molecule has 0 aliphatic heterocycles.